The van der Waals surface area contributed by atoms with Crippen LogP contribution in [-0.2, 0) is 4.79 Å². The molecule has 0 bridgehead atoms. The number of nitrogens with zero attached hydrogens (tertiary/aromatic N) is 1. The van der Waals surface area contributed by atoms with Gasteiger partial charge in [0.1, 0.15) is 0 Å². The Labute approximate surface area is 159 Å². The summed E-state index contributed by atoms with van der Waals surface area (Å²) in [5.74, 6) is 0.972. The zero-order valence-electron chi connectivity index (χ0n) is 15.3. The molecule has 1 aliphatic carbocycles. The van der Waals surface area contributed by atoms with Crippen LogP contribution in [-0.4, -0.2) is 29.9 Å². The van der Waals surface area contributed by atoms with Crippen molar-refractivity contribution in [3.05, 3.63) is 83.9 Å². The number of nitrogens with two attached hydrogens (primary N) is 1. The fraction of sp³-hybridized carbons (Fsp3) is 0.292. The lowest BCUT2D eigenvalue weighted by molar-refractivity contribution is -0.131. The second-order valence-electron chi connectivity index (χ2n) is 7.94. The molecule has 1 aliphatic heterocycles. The Balaban J connectivity index is 1.33. The smallest absolute Gasteiger partial charge is 0.226 e. The average Bonchev–Trinajstić information content (AvgIpc) is 3.42. The molecule has 1 heterocycles. The van der Waals surface area contributed by atoms with Gasteiger partial charge in [-0.3, -0.25) is 4.79 Å². The molecule has 3 aromatic carbocycles. The molecule has 0 spiro atoms. The number of carbonyl (C=O) groups is 1. The number of hydrogen-bond donors (Lipinski definition) is 1. The molecule has 0 aromatic heterocycles. The van der Waals surface area contributed by atoms with E-state index in [0.29, 0.717) is 12.5 Å². The molecule has 0 radical (unpaired) electrons. The van der Waals surface area contributed by atoms with Crippen molar-refractivity contribution in [1.82, 2.24) is 4.90 Å². The number of benzene rings is 3. The minimum atomic E-state index is 0.0195. The quantitative estimate of drug-likeness (QED) is 0.774. The van der Waals surface area contributed by atoms with Crippen LogP contribution in [0.1, 0.15) is 29.4 Å². The van der Waals surface area contributed by atoms with Crippen LogP contribution in [0, 0.1) is 5.92 Å². The highest BCUT2D eigenvalue weighted by Gasteiger charge is 2.48. The first kappa shape index (κ1) is 16.5. The van der Waals surface area contributed by atoms with Gasteiger partial charge in [0.2, 0.25) is 5.91 Å². The van der Waals surface area contributed by atoms with Crippen LogP contribution in [0.5, 0.6) is 0 Å². The maximum Gasteiger partial charge on any atom is 0.226 e. The molecule has 1 saturated carbocycles. The van der Waals surface area contributed by atoms with Crippen molar-refractivity contribution in [1.29, 1.82) is 0 Å². The Morgan fingerprint density at radius 1 is 0.852 bits per heavy atom. The van der Waals surface area contributed by atoms with Crippen LogP contribution in [0.4, 0.5) is 0 Å². The number of hydrogen-bond acceptors (Lipinski definition) is 2. The summed E-state index contributed by atoms with van der Waals surface area (Å²) in [5.41, 5.74) is 8.94. The molecule has 2 N–H and O–H groups in total. The van der Waals surface area contributed by atoms with Crippen molar-refractivity contribution in [2.24, 2.45) is 11.7 Å². The number of carbonyl (C=O) groups excluding carboxylic acids is 1. The fourth-order valence-corrected chi connectivity index (χ4v) is 4.68. The Hall–Kier alpha value is -2.65. The normalized spacial score (nSPS) is 27.1. The molecule has 5 rings (SSSR count). The van der Waals surface area contributed by atoms with Crippen molar-refractivity contribution in [2.45, 2.75) is 24.3 Å². The molecule has 1 amide bonds. The zero-order valence-corrected chi connectivity index (χ0v) is 15.3. The number of amides is 1. The van der Waals surface area contributed by atoms with E-state index in [1.54, 1.807) is 0 Å². The van der Waals surface area contributed by atoms with Gasteiger partial charge in [0.15, 0.2) is 0 Å². The van der Waals surface area contributed by atoms with Gasteiger partial charge < -0.3 is 10.6 Å². The molecule has 1 saturated heterocycles. The molecule has 27 heavy (non-hydrogen) atoms. The molecule has 3 heteroatoms. The first-order valence-electron chi connectivity index (χ1n) is 9.79. The van der Waals surface area contributed by atoms with E-state index in [0.717, 1.165) is 13.0 Å². The summed E-state index contributed by atoms with van der Waals surface area (Å²) in [7, 11) is 0. The number of fused-ring (bicyclic) bond motifs is 1. The lowest BCUT2D eigenvalue weighted by Gasteiger charge is -2.17. The Morgan fingerprint density at radius 3 is 2.44 bits per heavy atom. The summed E-state index contributed by atoms with van der Waals surface area (Å²) in [5, 5.41) is 2.53. The van der Waals surface area contributed by atoms with Crippen LogP contribution < -0.4 is 5.73 Å². The van der Waals surface area contributed by atoms with Crippen molar-refractivity contribution < 1.29 is 4.79 Å². The van der Waals surface area contributed by atoms with Gasteiger partial charge in [-0.1, -0.05) is 72.8 Å². The Kier molecular flexibility index (Phi) is 3.98. The van der Waals surface area contributed by atoms with E-state index in [1.165, 1.54) is 21.9 Å². The summed E-state index contributed by atoms with van der Waals surface area (Å²) in [6.45, 7) is 1.40. The van der Waals surface area contributed by atoms with Crippen molar-refractivity contribution in [2.75, 3.05) is 13.1 Å². The van der Waals surface area contributed by atoms with Crippen LogP contribution >= 0.6 is 0 Å². The third-order valence-corrected chi connectivity index (χ3v) is 6.23. The second-order valence-corrected chi connectivity index (χ2v) is 7.94. The van der Waals surface area contributed by atoms with Crippen molar-refractivity contribution >= 4 is 16.7 Å². The van der Waals surface area contributed by atoms with Gasteiger partial charge in [0.25, 0.3) is 0 Å². The van der Waals surface area contributed by atoms with Gasteiger partial charge in [0.05, 0.1) is 0 Å². The largest absolute Gasteiger partial charge is 0.340 e. The third-order valence-electron chi connectivity index (χ3n) is 6.23. The van der Waals surface area contributed by atoms with E-state index < -0.39 is 0 Å². The van der Waals surface area contributed by atoms with E-state index in [-0.39, 0.29) is 23.8 Å². The van der Waals surface area contributed by atoms with Crippen molar-refractivity contribution in [3.63, 3.8) is 0 Å². The minimum Gasteiger partial charge on any atom is -0.340 e. The van der Waals surface area contributed by atoms with Crippen LogP contribution in [0.2, 0.25) is 0 Å². The van der Waals surface area contributed by atoms with E-state index in [1.807, 2.05) is 23.1 Å². The maximum atomic E-state index is 13.1. The van der Waals surface area contributed by atoms with E-state index in [4.69, 9.17) is 5.73 Å². The van der Waals surface area contributed by atoms with E-state index in [2.05, 4.69) is 54.6 Å². The summed E-state index contributed by atoms with van der Waals surface area (Å²) < 4.78 is 0. The topological polar surface area (TPSA) is 46.3 Å². The molecule has 3 aromatic rings. The SMILES string of the molecule is N[C@@H]1CN(C(=O)C2CC2c2cccc3ccccc23)C[C@H]1c1ccccc1. The molecule has 2 aliphatic rings. The molecular formula is C24H24N2O. The Morgan fingerprint density at radius 2 is 1.59 bits per heavy atom. The standard InChI is InChI=1S/C24H24N2O/c25-23-15-26(14-22(23)17-7-2-1-3-8-17)24(27)21-13-20(21)19-12-6-10-16-9-4-5-11-18(16)19/h1-12,20-23H,13-15,25H2/t20?,21?,22-,23+/m0/s1. The fourth-order valence-electron chi connectivity index (χ4n) is 4.68. The highest BCUT2D eigenvalue weighted by Crippen LogP contribution is 2.50. The molecule has 4 atom stereocenters. The molecule has 136 valence electrons. The monoisotopic (exact) mass is 356 g/mol. The highest BCUT2D eigenvalue weighted by molar-refractivity contribution is 5.89. The first-order valence-corrected chi connectivity index (χ1v) is 9.79. The van der Waals surface area contributed by atoms with Crippen LogP contribution in [0.15, 0.2) is 72.8 Å². The maximum absolute atomic E-state index is 13.1. The van der Waals surface area contributed by atoms with Gasteiger partial charge in [0, 0.05) is 31.0 Å². The Bertz CT molecular complexity index is 979. The molecule has 2 unspecified atom stereocenters. The van der Waals surface area contributed by atoms with Gasteiger partial charge >= 0.3 is 0 Å². The van der Waals surface area contributed by atoms with E-state index in [9.17, 15) is 4.79 Å². The summed E-state index contributed by atoms with van der Waals surface area (Å²) in [4.78, 5) is 15.1. The summed E-state index contributed by atoms with van der Waals surface area (Å²) >= 11 is 0. The molecular weight excluding hydrogens is 332 g/mol. The lowest BCUT2D eigenvalue weighted by Crippen LogP contribution is -2.33. The zero-order chi connectivity index (χ0) is 18.4. The van der Waals surface area contributed by atoms with Crippen LogP contribution in [0.3, 0.4) is 0 Å². The molecule has 2 fully saturated rings. The van der Waals surface area contributed by atoms with Gasteiger partial charge in [-0.15, -0.1) is 0 Å². The number of likely N-dealkylation sites (tertiary alicyclic amines) is 1. The summed E-state index contributed by atoms with van der Waals surface area (Å²) in [6, 6.07) is 25.3. The first-order chi connectivity index (χ1) is 13.2. The van der Waals surface area contributed by atoms with Crippen LogP contribution in [0.25, 0.3) is 10.8 Å². The highest BCUT2D eigenvalue weighted by atomic mass is 16.2. The third kappa shape index (κ3) is 2.92. The van der Waals surface area contributed by atoms with Crippen molar-refractivity contribution in [3.8, 4) is 0 Å². The minimum absolute atomic E-state index is 0.0195. The second kappa shape index (κ2) is 6.50. The van der Waals surface area contributed by atoms with E-state index >= 15 is 0 Å². The predicted molar refractivity (Wildman–Crippen MR) is 109 cm³/mol. The lowest BCUT2D eigenvalue weighted by atomic mass is 9.95. The van der Waals surface area contributed by atoms with Gasteiger partial charge in [-0.2, -0.15) is 0 Å². The average molecular weight is 356 g/mol. The summed E-state index contributed by atoms with van der Waals surface area (Å²) in [6.07, 6.45) is 0.953. The van der Waals surface area contributed by atoms with Gasteiger partial charge in [-0.05, 0) is 34.2 Å². The predicted octanol–water partition coefficient (Wildman–Crippen LogP) is 3.90. The number of rotatable bonds is 3. The molecule has 3 nitrogen and oxygen atoms in total. The van der Waals surface area contributed by atoms with Gasteiger partial charge in [-0.25, -0.2) is 0 Å².